The number of benzene rings is 1. The van der Waals surface area contributed by atoms with Gasteiger partial charge in [-0.3, -0.25) is 9.69 Å². The van der Waals surface area contributed by atoms with Crippen molar-refractivity contribution in [1.29, 1.82) is 0 Å². The zero-order chi connectivity index (χ0) is 13.5. The predicted octanol–water partition coefficient (Wildman–Crippen LogP) is -0.214. The van der Waals surface area contributed by atoms with Crippen molar-refractivity contribution < 1.29 is 13.2 Å². The van der Waals surface area contributed by atoms with Gasteiger partial charge in [0.15, 0.2) is 9.84 Å². The Kier molecular flexibility index (Phi) is 2.87. The molecule has 1 aromatic rings. The van der Waals surface area contributed by atoms with Gasteiger partial charge in [-0.25, -0.2) is 8.42 Å². The van der Waals surface area contributed by atoms with Gasteiger partial charge in [-0.2, -0.15) is 0 Å². The predicted molar refractivity (Wildman–Crippen MR) is 71.2 cm³/mol. The van der Waals surface area contributed by atoms with Crippen LogP contribution in [0.4, 0.5) is 0 Å². The fraction of sp³-hybridized carbons (Fsp3) is 0.462. The molecule has 0 saturated carbocycles. The first-order chi connectivity index (χ1) is 8.99. The van der Waals surface area contributed by atoms with Gasteiger partial charge in [-0.15, -0.1) is 0 Å². The van der Waals surface area contributed by atoms with Gasteiger partial charge >= 0.3 is 0 Å². The van der Waals surface area contributed by atoms with Gasteiger partial charge in [-0.05, 0) is 5.56 Å². The van der Waals surface area contributed by atoms with Crippen LogP contribution in [0.25, 0.3) is 0 Å². The molecule has 3 rings (SSSR count). The lowest BCUT2D eigenvalue weighted by Crippen LogP contribution is -2.73. The number of carbonyl (C=O) groups is 1. The number of piperazine rings is 1. The summed E-state index contributed by atoms with van der Waals surface area (Å²) in [4.78, 5) is 13.6. The Balaban J connectivity index is 1.82. The van der Waals surface area contributed by atoms with Gasteiger partial charge < -0.3 is 5.32 Å². The van der Waals surface area contributed by atoms with Gasteiger partial charge in [0.2, 0.25) is 5.91 Å². The largest absolute Gasteiger partial charge is 0.353 e. The molecule has 1 amide bonds. The van der Waals surface area contributed by atoms with E-state index in [0.29, 0.717) is 13.1 Å². The van der Waals surface area contributed by atoms with Gasteiger partial charge in [-0.1, -0.05) is 30.3 Å². The smallest absolute Gasteiger partial charge is 0.234 e. The Morgan fingerprint density at radius 2 is 1.89 bits per heavy atom. The third-order valence-corrected chi connectivity index (χ3v) is 5.77. The molecule has 0 atom stereocenters. The zero-order valence-electron chi connectivity index (χ0n) is 10.5. The first-order valence-electron chi connectivity index (χ1n) is 6.25. The molecule has 0 unspecified atom stereocenters. The molecule has 1 spiro atoms. The van der Waals surface area contributed by atoms with Crippen LogP contribution in [0.1, 0.15) is 5.56 Å². The minimum absolute atomic E-state index is 0.0362. The highest BCUT2D eigenvalue weighted by atomic mass is 32.2. The Hall–Kier alpha value is -1.40. The molecule has 2 heterocycles. The molecule has 0 aliphatic carbocycles. The van der Waals surface area contributed by atoms with Crippen molar-refractivity contribution in [2.75, 3.05) is 24.6 Å². The number of hydrogen-bond acceptors (Lipinski definition) is 4. The average molecular weight is 280 g/mol. The van der Waals surface area contributed by atoms with Crippen LogP contribution in [0.2, 0.25) is 0 Å². The summed E-state index contributed by atoms with van der Waals surface area (Å²) in [5.41, 5.74) is 0.698. The lowest BCUT2D eigenvalue weighted by molar-refractivity contribution is -0.128. The van der Waals surface area contributed by atoms with E-state index in [-0.39, 0.29) is 24.0 Å². The molecule has 2 aliphatic rings. The zero-order valence-corrected chi connectivity index (χ0v) is 11.3. The van der Waals surface area contributed by atoms with E-state index in [9.17, 15) is 13.2 Å². The molecule has 19 heavy (non-hydrogen) atoms. The molecule has 2 fully saturated rings. The summed E-state index contributed by atoms with van der Waals surface area (Å²) < 4.78 is 23.0. The van der Waals surface area contributed by atoms with Gasteiger partial charge in [0.05, 0.1) is 23.6 Å². The molecule has 1 aromatic carbocycles. The van der Waals surface area contributed by atoms with Crippen LogP contribution in [0.15, 0.2) is 30.3 Å². The maximum absolute atomic E-state index is 11.6. The minimum atomic E-state index is -2.93. The molecule has 5 nitrogen and oxygen atoms in total. The van der Waals surface area contributed by atoms with E-state index in [2.05, 4.69) is 5.32 Å². The van der Waals surface area contributed by atoms with Crippen LogP contribution >= 0.6 is 0 Å². The Morgan fingerprint density at radius 1 is 1.21 bits per heavy atom. The normalized spacial score (nSPS) is 24.7. The lowest BCUT2D eigenvalue weighted by Gasteiger charge is -2.51. The topological polar surface area (TPSA) is 66.5 Å². The van der Waals surface area contributed by atoms with Crippen molar-refractivity contribution in [3.63, 3.8) is 0 Å². The number of sulfone groups is 1. The molecular weight excluding hydrogens is 264 g/mol. The second-order valence-electron chi connectivity index (χ2n) is 5.37. The molecule has 0 bridgehead atoms. The van der Waals surface area contributed by atoms with E-state index < -0.39 is 15.4 Å². The molecule has 0 radical (unpaired) electrons. The standard InChI is InChI=1S/C13H16N2O3S/c16-12-7-15(6-11-4-2-1-3-5-11)13(8-14-12)9-19(17,18)10-13/h1-5H,6-10H2,(H,14,16). The summed E-state index contributed by atoms with van der Waals surface area (Å²) in [6.45, 7) is 1.31. The molecule has 1 N–H and O–H groups in total. The number of carbonyl (C=O) groups excluding carboxylic acids is 1. The Labute approximate surface area is 112 Å². The molecule has 102 valence electrons. The summed E-state index contributed by atoms with van der Waals surface area (Å²) in [7, 11) is -2.93. The third-order valence-electron chi connectivity index (χ3n) is 3.81. The second-order valence-corrected chi connectivity index (χ2v) is 7.44. The molecule has 6 heteroatoms. The summed E-state index contributed by atoms with van der Waals surface area (Å²) in [6.07, 6.45) is 0. The van der Waals surface area contributed by atoms with Crippen LogP contribution < -0.4 is 5.32 Å². The number of amides is 1. The molecule has 2 saturated heterocycles. The first-order valence-corrected chi connectivity index (χ1v) is 8.07. The van der Waals surface area contributed by atoms with Gasteiger partial charge in [0.25, 0.3) is 0 Å². The van der Waals surface area contributed by atoms with E-state index in [1.807, 2.05) is 35.2 Å². The molecular formula is C13H16N2O3S. The van der Waals surface area contributed by atoms with E-state index >= 15 is 0 Å². The molecule has 2 aliphatic heterocycles. The van der Waals surface area contributed by atoms with E-state index in [1.165, 1.54) is 0 Å². The Morgan fingerprint density at radius 3 is 2.53 bits per heavy atom. The van der Waals surface area contributed by atoms with Gasteiger partial charge in [0.1, 0.15) is 0 Å². The summed E-state index contributed by atoms with van der Waals surface area (Å²) in [5, 5.41) is 2.78. The van der Waals surface area contributed by atoms with E-state index in [1.54, 1.807) is 0 Å². The number of hydrogen-bond donors (Lipinski definition) is 1. The average Bonchev–Trinajstić information content (AvgIpc) is 2.33. The van der Waals surface area contributed by atoms with Crippen molar-refractivity contribution >= 4 is 15.7 Å². The van der Waals surface area contributed by atoms with Crippen molar-refractivity contribution in [3.05, 3.63) is 35.9 Å². The van der Waals surface area contributed by atoms with Crippen molar-refractivity contribution in [2.24, 2.45) is 0 Å². The number of rotatable bonds is 2. The van der Waals surface area contributed by atoms with Crippen molar-refractivity contribution in [1.82, 2.24) is 10.2 Å². The maximum Gasteiger partial charge on any atom is 0.234 e. The van der Waals surface area contributed by atoms with Crippen LogP contribution in [0.3, 0.4) is 0 Å². The van der Waals surface area contributed by atoms with Crippen molar-refractivity contribution in [2.45, 2.75) is 12.1 Å². The van der Waals surface area contributed by atoms with Crippen LogP contribution in [-0.4, -0.2) is 49.4 Å². The number of nitrogens with zero attached hydrogens (tertiary/aromatic N) is 1. The maximum atomic E-state index is 11.6. The summed E-state index contributed by atoms with van der Waals surface area (Å²) >= 11 is 0. The highest BCUT2D eigenvalue weighted by Crippen LogP contribution is 2.32. The van der Waals surface area contributed by atoms with E-state index in [0.717, 1.165) is 5.56 Å². The molecule has 0 aromatic heterocycles. The van der Waals surface area contributed by atoms with E-state index in [4.69, 9.17) is 0 Å². The number of nitrogens with one attached hydrogen (secondary N) is 1. The van der Waals surface area contributed by atoms with Gasteiger partial charge in [0, 0.05) is 13.1 Å². The summed E-state index contributed by atoms with van der Waals surface area (Å²) in [5.74, 6) is 0.256. The van der Waals surface area contributed by atoms with Crippen LogP contribution in [-0.2, 0) is 21.2 Å². The highest BCUT2D eigenvalue weighted by Gasteiger charge is 2.54. The van der Waals surface area contributed by atoms with Crippen LogP contribution in [0.5, 0.6) is 0 Å². The van der Waals surface area contributed by atoms with Crippen LogP contribution in [0, 0.1) is 0 Å². The minimum Gasteiger partial charge on any atom is -0.353 e. The fourth-order valence-electron chi connectivity index (χ4n) is 2.86. The monoisotopic (exact) mass is 280 g/mol. The highest BCUT2D eigenvalue weighted by molar-refractivity contribution is 7.93. The summed E-state index contributed by atoms with van der Waals surface area (Å²) in [6, 6.07) is 9.82. The third kappa shape index (κ3) is 2.37. The second kappa shape index (κ2) is 4.31. The quantitative estimate of drug-likeness (QED) is 0.814. The fourth-order valence-corrected chi connectivity index (χ4v) is 4.98. The Bertz CT molecular complexity index is 586. The SMILES string of the molecule is O=C1CN(Cc2ccccc2)C2(CN1)CS(=O)(=O)C2. The lowest BCUT2D eigenvalue weighted by atomic mass is 9.97. The first kappa shape index (κ1) is 12.6. The van der Waals surface area contributed by atoms with Crippen molar-refractivity contribution in [3.8, 4) is 0 Å².